The highest BCUT2D eigenvalue weighted by atomic mass is 32.2. The zero-order valence-corrected chi connectivity index (χ0v) is 15.4. The summed E-state index contributed by atoms with van der Waals surface area (Å²) < 4.78 is 31.5. The number of aromatic nitrogens is 4. The molecular weight excluding hydrogens is 350 g/mol. The van der Waals surface area contributed by atoms with Crippen LogP contribution in [0.15, 0.2) is 60.0 Å². The zero-order chi connectivity index (χ0) is 18.1. The van der Waals surface area contributed by atoms with Crippen molar-refractivity contribution in [2.45, 2.75) is 30.2 Å². The summed E-state index contributed by atoms with van der Waals surface area (Å²) in [5, 5.41) is 8.38. The molecule has 1 aliphatic rings. The molecule has 1 aliphatic heterocycles. The second-order valence-corrected chi connectivity index (χ2v) is 8.41. The van der Waals surface area contributed by atoms with Crippen LogP contribution in [0.25, 0.3) is 5.69 Å². The lowest BCUT2D eigenvalue weighted by Crippen LogP contribution is -2.38. The molecular formula is C18H21N5O2S. The molecule has 1 fully saturated rings. The van der Waals surface area contributed by atoms with Crippen molar-refractivity contribution < 1.29 is 8.42 Å². The van der Waals surface area contributed by atoms with E-state index in [0.29, 0.717) is 11.4 Å². The van der Waals surface area contributed by atoms with Crippen molar-refractivity contribution in [1.29, 1.82) is 0 Å². The first-order valence-electron chi connectivity index (χ1n) is 8.66. The third-order valence-corrected chi connectivity index (χ3v) is 6.70. The smallest absolute Gasteiger partial charge is 0.243 e. The Hall–Kier alpha value is -2.45. The van der Waals surface area contributed by atoms with Gasteiger partial charge < -0.3 is 0 Å². The van der Waals surface area contributed by atoms with Gasteiger partial charge in [-0.2, -0.15) is 14.5 Å². The van der Waals surface area contributed by atoms with Crippen LogP contribution in [0.2, 0.25) is 0 Å². The van der Waals surface area contributed by atoms with Crippen LogP contribution in [0.4, 0.5) is 0 Å². The van der Waals surface area contributed by atoms with E-state index in [1.807, 2.05) is 25.5 Å². The minimum atomic E-state index is -3.57. The third-order valence-electron chi connectivity index (χ3n) is 4.78. The largest absolute Gasteiger partial charge is 0.275 e. The van der Waals surface area contributed by atoms with E-state index in [1.54, 1.807) is 50.3 Å². The monoisotopic (exact) mass is 371 g/mol. The molecule has 3 heterocycles. The summed E-state index contributed by atoms with van der Waals surface area (Å²) in [4.78, 5) is 0.309. The maximum atomic E-state index is 13.3. The first-order chi connectivity index (χ1) is 12.6. The Labute approximate surface area is 152 Å². The Morgan fingerprint density at radius 2 is 1.92 bits per heavy atom. The van der Waals surface area contributed by atoms with Gasteiger partial charge in [0.05, 0.1) is 22.8 Å². The van der Waals surface area contributed by atoms with E-state index in [2.05, 4.69) is 10.2 Å². The van der Waals surface area contributed by atoms with Crippen LogP contribution in [-0.2, 0) is 17.1 Å². The summed E-state index contributed by atoms with van der Waals surface area (Å²) in [6, 6.07) is 8.54. The maximum absolute atomic E-state index is 13.3. The molecule has 0 N–H and O–H groups in total. The van der Waals surface area contributed by atoms with E-state index >= 15 is 0 Å². The van der Waals surface area contributed by atoms with Crippen LogP contribution in [0.5, 0.6) is 0 Å². The van der Waals surface area contributed by atoms with Crippen LogP contribution in [0.3, 0.4) is 0 Å². The summed E-state index contributed by atoms with van der Waals surface area (Å²) in [6.45, 7) is 0.531. The van der Waals surface area contributed by atoms with Gasteiger partial charge in [-0.25, -0.2) is 13.1 Å². The molecule has 2 aromatic heterocycles. The highest BCUT2D eigenvalue weighted by molar-refractivity contribution is 7.89. The quantitative estimate of drug-likeness (QED) is 0.706. The molecule has 26 heavy (non-hydrogen) atoms. The SMILES string of the molecule is Cn1cc([C@@H]2CCCCN2S(=O)(=O)c2ccc(-n3cccn3)cc2)cn1. The fourth-order valence-corrected chi connectivity index (χ4v) is 5.15. The lowest BCUT2D eigenvalue weighted by atomic mass is 10.0. The van der Waals surface area contributed by atoms with Crippen molar-refractivity contribution in [3.63, 3.8) is 0 Å². The van der Waals surface area contributed by atoms with E-state index in [9.17, 15) is 8.42 Å². The molecule has 0 unspecified atom stereocenters. The zero-order valence-electron chi connectivity index (χ0n) is 14.6. The fourth-order valence-electron chi connectivity index (χ4n) is 3.47. The molecule has 1 saturated heterocycles. The molecule has 1 aromatic carbocycles. The van der Waals surface area contributed by atoms with Gasteiger partial charge in [0, 0.05) is 37.7 Å². The van der Waals surface area contributed by atoms with Gasteiger partial charge in [-0.05, 0) is 43.2 Å². The predicted molar refractivity (Wildman–Crippen MR) is 97.3 cm³/mol. The fraction of sp³-hybridized carbons (Fsp3) is 0.333. The topological polar surface area (TPSA) is 73.0 Å². The van der Waals surface area contributed by atoms with Gasteiger partial charge in [0.1, 0.15) is 0 Å². The van der Waals surface area contributed by atoms with Gasteiger partial charge in [-0.3, -0.25) is 4.68 Å². The van der Waals surface area contributed by atoms with Gasteiger partial charge in [-0.15, -0.1) is 0 Å². The molecule has 8 heteroatoms. The van der Waals surface area contributed by atoms with Crippen molar-refractivity contribution in [2.75, 3.05) is 6.54 Å². The number of piperidine rings is 1. The number of sulfonamides is 1. The van der Waals surface area contributed by atoms with E-state index in [-0.39, 0.29) is 6.04 Å². The number of rotatable bonds is 4. The number of hydrogen-bond acceptors (Lipinski definition) is 4. The Morgan fingerprint density at radius 3 is 2.58 bits per heavy atom. The van der Waals surface area contributed by atoms with Crippen molar-refractivity contribution in [1.82, 2.24) is 23.9 Å². The van der Waals surface area contributed by atoms with Gasteiger partial charge in [0.25, 0.3) is 0 Å². The number of benzene rings is 1. The number of hydrogen-bond donors (Lipinski definition) is 0. The Balaban J connectivity index is 1.65. The molecule has 4 rings (SSSR count). The molecule has 0 saturated carbocycles. The first-order valence-corrected chi connectivity index (χ1v) is 10.1. The van der Waals surface area contributed by atoms with E-state index in [4.69, 9.17) is 0 Å². The molecule has 1 atom stereocenters. The van der Waals surface area contributed by atoms with Gasteiger partial charge in [0.2, 0.25) is 10.0 Å². The molecule has 136 valence electrons. The molecule has 0 bridgehead atoms. The van der Waals surface area contributed by atoms with Crippen molar-refractivity contribution in [3.8, 4) is 5.69 Å². The number of nitrogens with zero attached hydrogens (tertiary/aromatic N) is 5. The maximum Gasteiger partial charge on any atom is 0.243 e. The minimum absolute atomic E-state index is 0.159. The van der Waals surface area contributed by atoms with Crippen LogP contribution in [-0.4, -0.2) is 38.8 Å². The summed E-state index contributed by atoms with van der Waals surface area (Å²) in [5.41, 5.74) is 1.78. The van der Waals surface area contributed by atoms with Gasteiger partial charge in [-0.1, -0.05) is 6.42 Å². The highest BCUT2D eigenvalue weighted by Crippen LogP contribution is 2.35. The Kier molecular flexibility index (Phi) is 4.37. The predicted octanol–water partition coefficient (Wildman–Crippen LogP) is 2.52. The summed E-state index contributed by atoms with van der Waals surface area (Å²) in [5.74, 6) is 0. The molecule has 0 aliphatic carbocycles. The summed E-state index contributed by atoms with van der Waals surface area (Å²) >= 11 is 0. The summed E-state index contributed by atoms with van der Waals surface area (Å²) in [7, 11) is -1.72. The lowest BCUT2D eigenvalue weighted by Gasteiger charge is -2.34. The van der Waals surface area contributed by atoms with Crippen LogP contribution >= 0.6 is 0 Å². The van der Waals surface area contributed by atoms with Crippen molar-refractivity contribution in [3.05, 3.63) is 60.7 Å². The lowest BCUT2D eigenvalue weighted by molar-refractivity contribution is 0.256. The average Bonchev–Trinajstić information content (AvgIpc) is 3.34. The normalized spacial score (nSPS) is 18.9. The Bertz CT molecular complexity index is 977. The molecule has 0 spiro atoms. The van der Waals surface area contributed by atoms with E-state index in [0.717, 1.165) is 30.5 Å². The van der Waals surface area contributed by atoms with Crippen molar-refractivity contribution >= 4 is 10.0 Å². The van der Waals surface area contributed by atoms with E-state index in [1.165, 1.54) is 0 Å². The Morgan fingerprint density at radius 1 is 1.12 bits per heavy atom. The highest BCUT2D eigenvalue weighted by Gasteiger charge is 2.35. The van der Waals surface area contributed by atoms with Crippen molar-refractivity contribution in [2.24, 2.45) is 7.05 Å². The standard InChI is InChI=1S/C18H21N5O2S/c1-21-14-15(13-20-21)18-5-2-3-12-23(18)26(24,25)17-8-6-16(7-9-17)22-11-4-10-19-22/h4,6-11,13-14,18H,2-3,5,12H2,1H3/t18-/m0/s1. The van der Waals surface area contributed by atoms with Gasteiger partial charge in [0.15, 0.2) is 0 Å². The van der Waals surface area contributed by atoms with Crippen LogP contribution < -0.4 is 0 Å². The average molecular weight is 371 g/mol. The summed E-state index contributed by atoms with van der Waals surface area (Å²) in [6.07, 6.45) is 9.89. The van der Waals surface area contributed by atoms with Crippen LogP contribution in [0, 0.1) is 0 Å². The molecule has 3 aromatic rings. The molecule has 0 radical (unpaired) electrons. The van der Waals surface area contributed by atoms with Gasteiger partial charge >= 0.3 is 0 Å². The second-order valence-electron chi connectivity index (χ2n) is 6.52. The minimum Gasteiger partial charge on any atom is -0.275 e. The molecule has 0 amide bonds. The molecule has 7 nitrogen and oxygen atoms in total. The van der Waals surface area contributed by atoms with Crippen LogP contribution in [0.1, 0.15) is 30.9 Å². The third kappa shape index (κ3) is 3.06. The number of aryl methyl sites for hydroxylation is 1. The van der Waals surface area contributed by atoms with E-state index < -0.39 is 10.0 Å². The first kappa shape index (κ1) is 17.0. The second kappa shape index (κ2) is 6.69.